The van der Waals surface area contributed by atoms with Gasteiger partial charge in [0.2, 0.25) is 0 Å². The van der Waals surface area contributed by atoms with Crippen LogP contribution in [0.3, 0.4) is 0 Å². The van der Waals surface area contributed by atoms with Gasteiger partial charge in [0.15, 0.2) is 5.78 Å². The maximum Gasteiger partial charge on any atom is 0.155 e. The Morgan fingerprint density at radius 2 is 1.79 bits per heavy atom. The highest BCUT2D eigenvalue weighted by atomic mass is 16.1. The van der Waals surface area contributed by atoms with Gasteiger partial charge in [0.05, 0.1) is 0 Å². The van der Waals surface area contributed by atoms with Crippen molar-refractivity contribution >= 4 is 11.6 Å². The predicted molar refractivity (Wildman–Crippen MR) is 110 cm³/mol. The largest absolute Gasteiger partial charge is 0.314 e. The molecule has 4 fully saturated rings. The van der Waals surface area contributed by atoms with Crippen molar-refractivity contribution in [3.8, 4) is 0 Å². The third-order valence-corrected chi connectivity index (χ3v) is 9.52. The lowest BCUT2D eigenvalue weighted by molar-refractivity contribution is -0.133. The van der Waals surface area contributed by atoms with Gasteiger partial charge in [-0.15, -0.1) is 0 Å². The second-order valence-electron chi connectivity index (χ2n) is 10.8. The van der Waals surface area contributed by atoms with Gasteiger partial charge in [-0.2, -0.15) is 0 Å². The zero-order chi connectivity index (χ0) is 19.5. The van der Waals surface area contributed by atoms with Crippen molar-refractivity contribution in [3.63, 3.8) is 0 Å². The molecule has 0 radical (unpaired) electrons. The molecule has 0 amide bonds. The van der Waals surface area contributed by atoms with Gasteiger partial charge in [0.1, 0.15) is 5.78 Å². The van der Waals surface area contributed by atoms with E-state index in [0.29, 0.717) is 41.7 Å². The van der Waals surface area contributed by atoms with E-state index in [9.17, 15) is 9.59 Å². The number of nitrogens with zero attached hydrogens (tertiary/aromatic N) is 1. The Morgan fingerprint density at radius 1 is 1.04 bits per heavy atom. The highest BCUT2D eigenvalue weighted by Crippen LogP contribution is 2.65. The third kappa shape index (κ3) is 2.78. The van der Waals surface area contributed by atoms with Gasteiger partial charge < -0.3 is 10.2 Å². The number of carbonyl (C=O) groups excluding carboxylic acids is 2. The molecule has 4 nitrogen and oxygen atoms in total. The van der Waals surface area contributed by atoms with Crippen LogP contribution < -0.4 is 5.32 Å². The number of rotatable bonds is 2. The molecule has 1 heterocycles. The van der Waals surface area contributed by atoms with Crippen LogP contribution in [0.2, 0.25) is 0 Å². The molecule has 28 heavy (non-hydrogen) atoms. The Hall–Kier alpha value is -1.00. The summed E-state index contributed by atoms with van der Waals surface area (Å²) in [6.07, 6.45) is 9.12. The molecule has 3 saturated carbocycles. The summed E-state index contributed by atoms with van der Waals surface area (Å²) in [5.74, 6) is 3.25. The van der Waals surface area contributed by atoms with E-state index in [1.807, 2.05) is 0 Å². The lowest BCUT2D eigenvalue weighted by Crippen LogP contribution is -2.55. The Labute approximate surface area is 169 Å². The average Bonchev–Trinajstić information content (AvgIpc) is 2.99. The Morgan fingerprint density at radius 3 is 2.57 bits per heavy atom. The van der Waals surface area contributed by atoms with Gasteiger partial charge in [-0.05, 0) is 67.3 Å². The first-order chi connectivity index (χ1) is 13.4. The topological polar surface area (TPSA) is 49.4 Å². The zero-order valence-electron chi connectivity index (χ0n) is 17.6. The Bertz CT molecular complexity index is 709. The van der Waals surface area contributed by atoms with Crippen molar-refractivity contribution in [2.24, 2.45) is 34.5 Å². The van der Waals surface area contributed by atoms with Crippen LogP contribution in [0, 0.1) is 34.5 Å². The molecule has 0 aromatic rings. The van der Waals surface area contributed by atoms with E-state index in [1.165, 1.54) is 18.4 Å². The van der Waals surface area contributed by atoms with Crippen molar-refractivity contribution in [2.45, 2.75) is 58.8 Å². The number of nitrogens with one attached hydrogen (secondary N) is 1. The number of Topliss-reactive ketones (excluding diaryl/α,β-unsaturated/α-hetero) is 1. The first kappa shape index (κ1) is 19.0. The molecule has 6 atom stereocenters. The van der Waals surface area contributed by atoms with Crippen LogP contribution in [-0.2, 0) is 9.59 Å². The van der Waals surface area contributed by atoms with E-state index in [1.54, 1.807) is 0 Å². The van der Waals surface area contributed by atoms with E-state index in [-0.39, 0.29) is 10.8 Å². The maximum atomic E-state index is 12.7. The van der Waals surface area contributed by atoms with Crippen LogP contribution in [0.5, 0.6) is 0 Å². The fourth-order valence-electron chi connectivity index (χ4n) is 7.93. The minimum atomic E-state index is -0.0666. The molecule has 1 aliphatic heterocycles. The summed E-state index contributed by atoms with van der Waals surface area (Å²) in [5.41, 5.74) is 1.57. The number of fused-ring (bicyclic) bond motifs is 5. The average molecular weight is 385 g/mol. The highest BCUT2D eigenvalue weighted by molar-refractivity contribution is 5.92. The molecule has 5 aliphatic rings. The van der Waals surface area contributed by atoms with E-state index in [0.717, 1.165) is 58.4 Å². The fraction of sp³-hybridized carbons (Fsp3) is 0.833. The quantitative estimate of drug-likeness (QED) is 0.794. The number of piperazine rings is 1. The molecule has 1 saturated heterocycles. The van der Waals surface area contributed by atoms with Crippen LogP contribution in [0.15, 0.2) is 11.6 Å². The van der Waals surface area contributed by atoms with Gasteiger partial charge in [0, 0.05) is 51.0 Å². The lowest BCUT2D eigenvalue weighted by atomic mass is 9.45. The van der Waals surface area contributed by atoms with Crippen LogP contribution in [0.1, 0.15) is 58.8 Å². The number of hydrogen-bond acceptors (Lipinski definition) is 4. The van der Waals surface area contributed by atoms with E-state index < -0.39 is 0 Å². The standard InChI is InChI=1S/C24H36N2O2/c1-23-7-5-17(27)14-21(23)16(15-26-11-9-25-10-12-26)13-18-19-3-4-22(28)24(19,2)8-6-20(18)23/h14,16,18-20,25H,3-13,15H2,1-2H3/t16-,18+,19+,20+,23-,24+/m1/s1. The number of ketones is 2. The Balaban J connectivity index is 1.49. The fourth-order valence-corrected chi connectivity index (χ4v) is 7.93. The van der Waals surface area contributed by atoms with Crippen LogP contribution in [0.25, 0.3) is 0 Å². The minimum absolute atomic E-state index is 0.0666. The molecule has 0 aromatic carbocycles. The molecule has 0 spiro atoms. The smallest absolute Gasteiger partial charge is 0.155 e. The van der Waals surface area contributed by atoms with Gasteiger partial charge in [0.25, 0.3) is 0 Å². The lowest BCUT2D eigenvalue weighted by Gasteiger charge is -2.59. The third-order valence-electron chi connectivity index (χ3n) is 9.52. The summed E-state index contributed by atoms with van der Waals surface area (Å²) < 4.78 is 0. The summed E-state index contributed by atoms with van der Waals surface area (Å²) in [4.78, 5) is 27.7. The molecule has 5 rings (SSSR count). The summed E-state index contributed by atoms with van der Waals surface area (Å²) in [5, 5.41) is 3.46. The molecular weight excluding hydrogens is 348 g/mol. The molecular formula is C24H36N2O2. The molecule has 154 valence electrons. The van der Waals surface area contributed by atoms with Gasteiger partial charge in [-0.25, -0.2) is 0 Å². The summed E-state index contributed by atoms with van der Waals surface area (Å²) in [6, 6.07) is 0. The summed E-state index contributed by atoms with van der Waals surface area (Å²) >= 11 is 0. The van der Waals surface area contributed by atoms with Crippen molar-refractivity contribution in [1.82, 2.24) is 10.2 Å². The van der Waals surface area contributed by atoms with Gasteiger partial charge in [-0.3, -0.25) is 9.59 Å². The number of hydrogen-bond donors (Lipinski definition) is 1. The van der Waals surface area contributed by atoms with Crippen LogP contribution in [-0.4, -0.2) is 49.2 Å². The van der Waals surface area contributed by atoms with Crippen molar-refractivity contribution in [2.75, 3.05) is 32.7 Å². The second-order valence-corrected chi connectivity index (χ2v) is 10.8. The second kappa shape index (κ2) is 6.77. The monoisotopic (exact) mass is 384 g/mol. The molecule has 0 unspecified atom stereocenters. The normalized spacial score (nSPS) is 46.6. The first-order valence-electron chi connectivity index (χ1n) is 11.6. The van der Waals surface area contributed by atoms with E-state index >= 15 is 0 Å². The Kier molecular flexibility index (Phi) is 4.59. The molecule has 0 bridgehead atoms. The molecule has 4 heteroatoms. The van der Waals surface area contributed by atoms with Gasteiger partial charge in [-0.1, -0.05) is 19.4 Å². The maximum absolute atomic E-state index is 12.7. The highest BCUT2D eigenvalue weighted by Gasteiger charge is 2.60. The summed E-state index contributed by atoms with van der Waals surface area (Å²) in [7, 11) is 0. The van der Waals surface area contributed by atoms with Crippen LogP contribution >= 0.6 is 0 Å². The van der Waals surface area contributed by atoms with Gasteiger partial charge >= 0.3 is 0 Å². The number of carbonyl (C=O) groups is 2. The first-order valence-corrected chi connectivity index (χ1v) is 11.6. The SMILES string of the molecule is C[C@]12CCC(=O)C=C1[C@@H](CN1CCNCC1)C[C@@H]1[C@@H]2CC[C@]2(C)C(=O)CC[C@@H]12. The predicted octanol–water partition coefficient (Wildman–Crippen LogP) is 3.22. The minimum Gasteiger partial charge on any atom is -0.314 e. The molecule has 4 aliphatic carbocycles. The van der Waals surface area contributed by atoms with Crippen molar-refractivity contribution in [3.05, 3.63) is 11.6 Å². The molecule has 0 aromatic heterocycles. The zero-order valence-corrected chi connectivity index (χ0v) is 17.6. The van der Waals surface area contributed by atoms with Crippen molar-refractivity contribution < 1.29 is 9.59 Å². The summed E-state index contributed by atoms with van der Waals surface area (Å²) in [6.45, 7) is 10.2. The van der Waals surface area contributed by atoms with E-state index in [4.69, 9.17) is 0 Å². The van der Waals surface area contributed by atoms with E-state index in [2.05, 4.69) is 30.1 Å². The van der Waals surface area contributed by atoms with Crippen molar-refractivity contribution in [1.29, 1.82) is 0 Å². The van der Waals surface area contributed by atoms with Crippen LogP contribution in [0.4, 0.5) is 0 Å². The molecule has 1 N–H and O–H groups in total.